The van der Waals surface area contributed by atoms with E-state index in [2.05, 4.69) is 10.1 Å². The van der Waals surface area contributed by atoms with Crippen molar-refractivity contribution in [3.05, 3.63) is 29.2 Å². The number of rotatable bonds is 1. The van der Waals surface area contributed by atoms with Gasteiger partial charge >= 0.3 is 6.18 Å². The van der Waals surface area contributed by atoms with Crippen LogP contribution >= 0.6 is 0 Å². The molecule has 1 amide bonds. The summed E-state index contributed by atoms with van der Waals surface area (Å²) in [6.45, 7) is 1.49. The van der Waals surface area contributed by atoms with Gasteiger partial charge in [-0.2, -0.15) is 18.3 Å². The van der Waals surface area contributed by atoms with Crippen LogP contribution in [0.2, 0.25) is 0 Å². The Balaban J connectivity index is 2.67. The van der Waals surface area contributed by atoms with Crippen molar-refractivity contribution < 1.29 is 18.0 Å². The molecule has 2 N–H and O–H groups in total. The molecule has 90 valence electrons. The van der Waals surface area contributed by atoms with E-state index < -0.39 is 17.8 Å². The third-order valence-corrected chi connectivity index (χ3v) is 2.20. The summed E-state index contributed by atoms with van der Waals surface area (Å²) in [5.41, 5.74) is 4.30. The van der Waals surface area contributed by atoms with Gasteiger partial charge in [-0.25, -0.2) is 9.50 Å². The molecular weight excluding hydrogens is 237 g/mol. The fourth-order valence-electron chi connectivity index (χ4n) is 1.39. The number of hydrogen-bond acceptors (Lipinski definition) is 3. The molecule has 0 spiro atoms. The second kappa shape index (κ2) is 3.44. The highest BCUT2D eigenvalue weighted by molar-refractivity contribution is 5.93. The zero-order valence-electron chi connectivity index (χ0n) is 8.62. The summed E-state index contributed by atoms with van der Waals surface area (Å²) >= 11 is 0. The summed E-state index contributed by atoms with van der Waals surface area (Å²) in [5, 5.41) is 3.29. The average Bonchev–Trinajstić information content (AvgIpc) is 2.58. The Bertz CT molecular complexity index is 602. The summed E-state index contributed by atoms with van der Waals surface area (Å²) in [6.07, 6.45) is -3.41. The van der Waals surface area contributed by atoms with Crippen LogP contribution in [0.3, 0.4) is 0 Å². The van der Waals surface area contributed by atoms with Crippen LogP contribution in [0.25, 0.3) is 5.65 Å². The number of nitrogens with zero attached hydrogens (tertiary/aromatic N) is 3. The van der Waals surface area contributed by atoms with Gasteiger partial charge in [-0.3, -0.25) is 4.79 Å². The van der Waals surface area contributed by atoms with Crippen molar-refractivity contribution in [2.24, 2.45) is 5.73 Å². The first kappa shape index (κ1) is 11.4. The number of amides is 1. The molecule has 0 atom stereocenters. The van der Waals surface area contributed by atoms with E-state index in [1.54, 1.807) is 0 Å². The Kier molecular flexibility index (Phi) is 2.30. The van der Waals surface area contributed by atoms with Crippen LogP contribution in [0.1, 0.15) is 21.7 Å². The number of hydrogen-bond donors (Lipinski definition) is 1. The van der Waals surface area contributed by atoms with Crippen molar-refractivity contribution in [1.29, 1.82) is 0 Å². The van der Waals surface area contributed by atoms with E-state index in [1.807, 2.05) is 0 Å². The molecule has 2 aromatic heterocycles. The zero-order valence-corrected chi connectivity index (χ0v) is 8.62. The maximum atomic E-state index is 12.4. The first-order chi connectivity index (χ1) is 7.79. The first-order valence-electron chi connectivity index (χ1n) is 4.53. The second-order valence-electron chi connectivity index (χ2n) is 3.43. The van der Waals surface area contributed by atoms with Gasteiger partial charge in [0.15, 0.2) is 11.3 Å². The zero-order chi connectivity index (χ0) is 12.8. The van der Waals surface area contributed by atoms with E-state index in [1.165, 1.54) is 6.92 Å². The molecule has 0 saturated carbocycles. The van der Waals surface area contributed by atoms with Gasteiger partial charge in [-0.15, -0.1) is 0 Å². The molecule has 8 heteroatoms. The minimum Gasteiger partial charge on any atom is -0.365 e. The number of alkyl halides is 3. The van der Waals surface area contributed by atoms with Gasteiger partial charge < -0.3 is 5.73 Å². The summed E-state index contributed by atoms with van der Waals surface area (Å²) < 4.78 is 38.1. The number of fused-ring (bicyclic) bond motifs is 1. The van der Waals surface area contributed by atoms with Crippen LogP contribution in [0.5, 0.6) is 0 Å². The van der Waals surface area contributed by atoms with Crippen LogP contribution < -0.4 is 5.73 Å². The van der Waals surface area contributed by atoms with Gasteiger partial charge in [0.25, 0.3) is 5.91 Å². The van der Waals surface area contributed by atoms with E-state index in [9.17, 15) is 18.0 Å². The molecule has 0 saturated heterocycles. The highest BCUT2D eigenvalue weighted by atomic mass is 19.4. The predicted molar refractivity (Wildman–Crippen MR) is 51.2 cm³/mol. The normalized spacial score (nSPS) is 12.0. The largest absolute Gasteiger partial charge is 0.435 e. The maximum absolute atomic E-state index is 12.4. The van der Waals surface area contributed by atoms with Crippen molar-refractivity contribution in [3.63, 3.8) is 0 Å². The molecule has 0 aliphatic rings. The lowest BCUT2D eigenvalue weighted by Crippen LogP contribution is -2.15. The van der Waals surface area contributed by atoms with E-state index in [-0.39, 0.29) is 16.9 Å². The third-order valence-electron chi connectivity index (χ3n) is 2.20. The summed E-state index contributed by atoms with van der Waals surface area (Å²) in [4.78, 5) is 14.8. The Hall–Kier alpha value is -2.12. The molecule has 17 heavy (non-hydrogen) atoms. The van der Waals surface area contributed by atoms with Gasteiger partial charge in [0.05, 0.1) is 11.3 Å². The fourth-order valence-corrected chi connectivity index (χ4v) is 1.39. The van der Waals surface area contributed by atoms with Crippen molar-refractivity contribution in [2.75, 3.05) is 0 Å². The number of aromatic nitrogens is 3. The van der Waals surface area contributed by atoms with Crippen LogP contribution in [-0.2, 0) is 6.18 Å². The van der Waals surface area contributed by atoms with Gasteiger partial charge in [0, 0.05) is 12.3 Å². The molecule has 0 aliphatic heterocycles. The summed E-state index contributed by atoms with van der Waals surface area (Å²) in [7, 11) is 0. The quantitative estimate of drug-likeness (QED) is 0.817. The minimum atomic E-state index is -4.55. The molecule has 0 fully saturated rings. The fraction of sp³-hybridized carbons (Fsp3) is 0.222. The van der Waals surface area contributed by atoms with E-state index >= 15 is 0 Å². The molecule has 2 rings (SSSR count). The Morgan fingerprint density at radius 2 is 2.12 bits per heavy atom. The lowest BCUT2D eigenvalue weighted by atomic mass is 10.2. The molecule has 0 unspecified atom stereocenters. The maximum Gasteiger partial charge on any atom is 0.435 e. The third kappa shape index (κ3) is 1.93. The van der Waals surface area contributed by atoms with Crippen molar-refractivity contribution in [1.82, 2.24) is 14.6 Å². The Morgan fingerprint density at radius 3 is 2.65 bits per heavy atom. The van der Waals surface area contributed by atoms with Crippen molar-refractivity contribution in [3.8, 4) is 0 Å². The Labute approximate surface area is 93.1 Å². The van der Waals surface area contributed by atoms with Crippen LogP contribution in [0, 0.1) is 6.92 Å². The second-order valence-corrected chi connectivity index (χ2v) is 3.43. The molecule has 2 aromatic rings. The van der Waals surface area contributed by atoms with E-state index in [0.717, 1.165) is 16.8 Å². The first-order valence-corrected chi connectivity index (χ1v) is 4.53. The van der Waals surface area contributed by atoms with Gasteiger partial charge in [-0.05, 0) is 6.92 Å². The molecular formula is C9H7F3N4O. The van der Waals surface area contributed by atoms with Gasteiger partial charge in [0.2, 0.25) is 0 Å². The highest BCUT2D eigenvalue weighted by Gasteiger charge is 2.34. The van der Waals surface area contributed by atoms with Crippen molar-refractivity contribution >= 4 is 11.6 Å². The number of carbonyl (C=O) groups is 1. The predicted octanol–water partition coefficient (Wildman–Crippen LogP) is 1.16. The number of aryl methyl sites for hydroxylation is 1. The van der Waals surface area contributed by atoms with Crippen LogP contribution in [-0.4, -0.2) is 20.5 Å². The smallest absolute Gasteiger partial charge is 0.365 e. The molecule has 0 aliphatic carbocycles. The standard InChI is InChI=1S/C9H7F3N4O/c1-4-5(8(13)17)3-16-7(14-4)2-6(15-16)9(10,11)12/h2-3H,1H3,(H2,13,17). The molecule has 0 radical (unpaired) electrons. The lowest BCUT2D eigenvalue weighted by Gasteiger charge is -2.01. The number of primary amides is 1. The van der Waals surface area contributed by atoms with Gasteiger partial charge in [-0.1, -0.05) is 0 Å². The van der Waals surface area contributed by atoms with Crippen molar-refractivity contribution in [2.45, 2.75) is 13.1 Å². The molecule has 2 heterocycles. The van der Waals surface area contributed by atoms with E-state index in [4.69, 9.17) is 5.73 Å². The topological polar surface area (TPSA) is 73.3 Å². The van der Waals surface area contributed by atoms with Crippen LogP contribution in [0.15, 0.2) is 12.3 Å². The van der Waals surface area contributed by atoms with E-state index in [0.29, 0.717) is 0 Å². The molecule has 0 aromatic carbocycles. The summed E-state index contributed by atoms with van der Waals surface area (Å²) in [5.74, 6) is -0.763. The monoisotopic (exact) mass is 244 g/mol. The average molecular weight is 244 g/mol. The van der Waals surface area contributed by atoms with Crippen LogP contribution in [0.4, 0.5) is 13.2 Å². The molecule has 0 bridgehead atoms. The number of halogens is 3. The number of carbonyl (C=O) groups excluding carboxylic acids is 1. The Morgan fingerprint density at radius 1 is 1.47 bits per heavy atom. The highest BCUT2D eigenvalue weighted by Crippen LogP contribution is 2.28. The SMILES string of the molecule is Cc1nc2cc(C(F)(F)F)nn2cc1C(N)=O. The van der Waals surface area contributed by atoms with Gasteiger partial charge in [0.1, 0.15) is 0 Å². The lowest BCUT2D eigenvalue weighted by molar-refractivity contribution is -0.141. The summed E-state index contributed by atoms with van der Waals surface area (Å²) in [6, 6.07) is 0.803. The number of nitrogens with two attached hydrogens (primary N) is 1. The minimum absolute atomic E-state index is 0.0137. The molecule has 5 nitrogen and oxygen atoms in total.